The van der Waals surface area contributed by atoms with Crippen LogP contribution in [0.1, 0.15) is 79.8 Å². The van der Waals surface area contributed by atoms with E-state index in [1.54, 1.807) is 6.07 Å². The summed E-state index contributed by atoms with van der Waals surface area (Å²) in [5.74, 6) is 1.95. The third kappa shape index (κ3) is 9.28. The van der Waals surface area contributed by atoms with E-state index in [1.165, 1.54) is 24.0 Å². The highest BCUT2D eigenvalue weighted by atomic mass is 35.5. The molecule has 2 aromatic rings. The van der Waals surface area contributed by atoms with Crippen LogP contribution in [-0.2, 0) is 26.9 Å². The van der Waals surface area contributed by atoms with Crippen molar-refractivity contribution in [3.63, 3.8) is 0 Å². The number of hydrogen-bond acceptors (Lipinski definition) is 7. The predicted molar refractivity (Wildman–Crippen MR) is 198 cm³/mol. The number of benzene rings is 2. The van der Waals surface area contributed by atoms with Gasteiger partial charge in [-0.05, 0) is 91.8 Å². The van der Waals surface area contributed by atoms with Crippen LogP contribution in [0.5, 0.6) is 5.75 Å². The zero-order chi connectivity index (χ0) is 34.2. The Hall–Kier alpha value is -2.43. The van der Waals surface area contributed by atoms with Gasteiger partial charge in [0, 0.05) is 55.1 Å². The monoisotopic (exact) mass is 711 g/mol. The number of allylic oxidation sites excluding steroid dienone is 1. The summed E-state index contributed by atoms with van der Waals surface area (Å²) in [5.41, 5.74) is 4.00. The van der Waals surface area contributed by atoms with E-state index >= 15 is 0 Å². The molecule has 6 unspecified atom stereocenters. The summed E-state index contributed by atoms with van der Waals surface area (Å²) in [4.78, 5) is 18.4. The summed E-state index contributed by atoms with van der Waals surface area (Å²) < 4.78 is 34.6. The van der Waals surface area contributed by atoms with Gasteiger partial charge in [0.25, 0.3) is 5.91 Å². The molecule has 0 spiro atoms. The Labute approximate surface area is 300 Å². The zero-order valence-corrected chi connectivity index (χ0v) is 30.8. The van der Waals surface area contributed by atoms with Crippen molar-refractivity contribution in [3.05, 3.63) is 70.3 Å². The van der Waals surface area contributed by atoms with Gasteiger partial charge >= 0.3 is 0 Å². The second kappa shape index (κ2) is 17.7. The number of aryl methyl sites for hydroxylation is 1. The minimum absolute atomic E-state index is 0.112. The summed E-state index contributed by atoms with van der Waals surface area (Å²) >= 11 is 6.47. The Bertz CT molecular complexity index is 1470. The topological polar surface area (TPSA) is 80.3 Å². The predicted octanol–water partition coefficient (Wildman–Crippen LogP) is 6.79. The second-order valence-corrected chi connectivity index (χ2v) is 16.0. The standard InChI is InChI=1S/C39H54ClN3O5S/c1-3-7-28-22-33(40)12-14-35(28)32-25-43-24-30-10-13-36(30)31(26-47-21-18-42-16-19-46-20-17-42)8-5-6-9-34(4-2)49(45)41-39(44)29-11-15-38(48-27-32)37(43)23-29/h5,8,11-12,14-15,22-23,30-32,34,36H,3-4,6-7,9-10,13,16-21,24-27H2,1-2H3,(H,41,44)/b8-5+. The first-order valence-corrected chi connectivity index (χ1v) is 20.1. The fourth-order valence-electron chi connectivity index (χ4n) is 7.93. The minimum atomic E-state index is -1.48. The molecule has 1 N–H and O–H groups in total. The molecule has 8 nitrogen and oxygen atoms in total. The summed E-state index contributed by atoms with van der Waals surface area (Å²) in [5, 5.41) is 0.649. The third-order valence-corrected chi connectivity index (χ3v) is 12.7. The first-order chi connectivity index (χ1) is 23.9. The lowest BCUT2D eigenvalue weighted by Gasteiger charge is -2.44. The largest absolute Gasteiger partial charge is 0.491 e. The van der Waals surface area contributed by atoms with Crippen molar-refractivity contribution in [3.8, 4) is 5.75 Å². The molecule has 4 aliphatic rings. The van der Waals surface area contributed by atoms with Gasteiger partial charge in [0.05, 0.1) is 44.0 Å². The fourth-order valence-corrected chi connectivity index (χ4v) is 9.25. The van der Waals surface area contributed by atoms with Crippen LogP contribution in [0.4, 0.5) is 5.69 Å². The van der Waals surface area contributed by atoms with Crippen molar-refractivity contribution >= 4 is 34.2 Å². The van der Waals surface area contributed by atoms with E-state index in [1.807, 2.05) is 25.1 Å². The molecule has 6 rings (SSSR count). The number of fused-ring (bicyclic) bond motifs is 2. The number of rotatable bonds is 9. The van der Waals surface area contributed by atoms with E-state index in [2.05, 4.69) is 45.7 Å². The van der Waals surface area contributed by atoms with Crippen molar-refractivity contribution in [1.82, 2.24) is 9.62 Å². The van der Waals surface area contributed by atoms with Gasteiger partial charge in [-0.2, -0.15) is 0 Å². The number of carbonyl (C=O) groups is 1. The highest BCUT2D eigenvalue weighted by Crippen LogP contribution is 2.44. The smallest absolute Gasteiger partial charge is 0.263 e. The molecular formula is C39H54ClN3O5S. The number of morpholine rings is 1. The SMILES string of the molecule is CCCc1cc(Cl)ccc1C1COc2ccc3cc2N(C1)CC1CCC1C(COCCN1CCOCC1)/C=C/CCC(CC)S(=O)NC3=O. The fraction of sp³-hybridized carbons (Fsp3) is 0.615. The summed E-state index contributed by atoms with van der Waals surface area (Å²) in [6.07, 6.45) is 11.3. The van der Waals surface area contributed by atoms with Crippen molar-refractivity contribution in [2.24, 2.45) is 17.8 Å². The lowest BCUT2D eigenvalue weighted by molar-refractivity contribution is 0.00662. The summed E-state index contributed by atoms with van der Waals surface area (Å²) in [6.45, 7) is 12.3. The van der Waals surface area contributed by atoms with Gasteiger partial charge in [-0.1, -0.05) is 50.1 Å². The second-order valence-electron chi connectivity index (χ2n) is 14.1. The van der Waals surface area contributed by atoms with Gasteiger partial charge in [0.2, 0.25) is 0 Å². The van der Waals surface area contributed by atoms with Crippen LogP contribution in [-0.4, -0.2) is 86.0 Å². The molecule has 6 atom stereocenters. The maximum absolute atomic E-state index is 13.5. The molecule has 1 aliphatic carbocycles. The Kier molecular flexibility index (Phi) is 13.1. The van der Waals surface area contributed by atoms with E-state index in [4.69, 9.17) is 25.8 Å². The molecule has 1 amide bonds. The van der Waals surface area contributed by atoms with Crippen LogP contribution in [0.25, 0.3) is 0 Å². The van der Waals surface area contributed by atoms with Gasteiger partial charge < -0.3 is 19.1 Å². The molecule has 2 fully saturated rings. The first kappa shape index (κ1) is 36.4. The lowest BCUT2D eigenvalue weighted by Crippen LogP contribution is -2.43. The summed E-state index contributed by atoms with van der Waals surface area (Å²) in [7, 11) is -1.48. The number of hydrogen-bond donors (Lipinski definition) is 1. The van der Waals surface area contributed by atoms with E-state index in [-0.39, 0.29) is 17.1 Å². The average Bonchev–Trinajstić information content (AvgIpc) is 3.27. The lowest BCUT2D eigenvalue weighted by atomic mass is 9.66. The molecule has 1 saturated heterocycles. The molecule has 49 heavy (non-hydrogen) atoms. The van der Waals surface area contributed by atoms with Crippen LogP contribution in [0, 0.1) is 17.8 Å². The Morgan fingerprint density at radius 3 is 2.69 bits per heavy atom. The van der Waals surface area contributed by atoms with Crippen LogP contribution < -0.4 is 14.4 Å². The van der Waals surface area contributed by atoms with Gasteiger partial charge in [-0.25, -0.2) is 4.21 Å². The Morgan fingerprint density at radius 2 is 1.92 bits per heavy atom. The molecule has 0 radical (unpaired) electrons. The number of halogens is 1. The molecule has 268 valence electrons. The number of nitrogens with zero attached hydrogens (tertiary/aromatic N) is 2. The average molecular weight is 712 g/mol. The molecule has 10 heteroatoms. The number of ether oxygens (including phenoxy) is 3. The van der Waals surface area contributed by atoms with Crippen LogP contribution >= 0.6 is 11.6 Å². The molecule has 1 saturated carbocycles. The van der Waals surface area contributed by atoms with Crippen molar-refractivity contribution in [1.29, 1.82) is 0 Å². The van der Waals surface area contributed by atoms with E-state index in [0.717, 1.165) is 101 Å². The number of nitrogens with one attached hydrogen (secondary N) is 1. The first-order valence-electron chi connectivity index (χ1n) is 18.5. The zero-order valence-electron chi connectivity index (χ0n) is 29.2. The normalized spacial score (nSPS) is 28.8. The molecule has 3 heterocycles. The maximum Gasteiger partial charge on any atom is 0.263 e. The molecule has 2 bridgehead atoms. The molecule has 2 aromatic carbocycles. The number of carbonyl (C=O) groups excluding carboxylic acids is 1. The van der Waals surface area contributed by atoms with Crippen LogP contribution in [0.2, 0.25) is 5.02 Å². The van der Waals surface area contributed by atoms with Crippen LogP contribution in [0.15, 0.2) is 48.6 Å². The van der Waals surface area contributed by atoms with E-state index in [0.29, 0.717) is 36.5 Å². The van der Waals surface area contributed by atoms with Gasteiger partial charge in [0.1, 0.15) is 16.7 Å². The molecule has 0 aromatic heterocycles. The van der Waals surface area contributed by atoms with Crippen molar-refractivity contribution in [2.45, 2.75) is 70.0 Å². The highest BCUT2D eigenvalue weighted by molar-refractivity contribution is 7.84. The minimum Gasteiger partial charge on any atom is -0.491 e. The Morgan fingerprint density at radius 1 is 1.06 bits per heavy atom. The quantitative estimate of drug-likeness (QED) is 0.227. The maximum atomic E-state index is 13.5. The number of anilines is 1. The van der Waals surface area contributed by atoms with Crippen molar-refractivity contribution in [2.75, 3.05) is 70.7 Å². The van der Waals surface area contributed by atoms with Gasteiger partial charge in [-0.15, -0.1) is 0 Å². The molecule has 3 aliphatic heterocycles. The van der Waals surface area contributed by atoms with Crippen LogP contribution in [0.3, 0.4) is 0 Å². The number of amides is 1. The van der Waals surface area contributed by atoms with Crippen molar-refractivity contribution < 1.29 is 23.2 Å². The van der Waals surface area contributed by atoms with Gasteiger partial charge in [-0.3, -0.25) is 14.4 Å². The molecular weight excluding hydrogens is 658 g/mol. The summed E-state index contributed by atoms with van der Waals surface area (Å²) in [6, 6.07) is 11.9. The highest BCUT2D eigenvalue weighted by Gasteiger charge is 2.39. The van der Waals surface area contributed by atoms with E-state index < -0.39 is 11.0 Å². The Balaban J connectivity index is 1.28. The van der Waals surface area contributed by atoms with Gasteiger partial charge in [0.15, 0.2) is 0 Å². The van der Waals surface area contributed by atoms with E-state index in [9.17, 15) is 9.00 Å². The third-order valence-electron chi connectivity index (χ3n) is 10.9.